The van der Waals surface area contributed by atoms with Crippen molar-refractivity contribution in [2.75, 3.05) is 58.4 Å². The number of anilines is 1. The van der Waals surface area contributed by atoms with Gasteiger partial charge in [-0.15, -0.1) is 0 Å². The largest absolute Gasteiger partial charge is 0.382 e. The van der Waals surface area contributed by atoms with Gasteiger partial charge in [0, 0.05) is 44.8 Å². The quantitative estimate of drug-likeness (QED) is 0.0471. The molecule has 2 aromatic rings. The Bertz CT molecular complexity index is 2740. The first-order valence-corrected chi connectivity index (χ1v) is 28.7. The Labute approximate surface area is 471 Å². The van der Waals surface area contributed by atoms with Crippen LogP contribution in [0.15, 0.2) is 30.6 Å². The fourth-order valence-corrected chi connectivity index (χ4v) is 11.8. The van der Waals surface area contributed by atoms with Gasteiger partial charge in [0.15, 0.2) is 0 Å². The van der Waals surface area contributed by atoms with Crippen LogP contribution >= 0.6 is 0 Å². The molecule has 1 aromatic carbocycles. The molecule has 3 aliphatic carbocycles. The molecule has 81 heavy (non-hydrogen) atoms. The Balaban J connectivity index is 0.792. The van der Waals surface area contributed by atoms with Crippen molar-refractivity contribution in [3.63, 3.8) is 0 Å². The van der Waals surface area contributed by atoms with E-state index in [9.17, 15) is 52.7 Å². The van der Waals surface area contributed by atoms with Crippen LogP contribution in [0, 0.1) is 23.2 Å². The second-order valence-electron chi connectivity index (χ2n) is 23.2. The summed E-state index contributed by atoms with van der Waals surface area (Å²) in [6.45, 7) is 8.82. The Kier molecular flexibility index (Phi) is 19.7. The van der Waals surface area contributed by atoms with E-state index in [2.05, 4.69) is 41.9 Å². The lowest BCUT2D eigenvalue weighted by atomic mass is 9.82. The summed E-state index contributed by atoms with van der Waals surface area (Å²) in [4.78, 5) is 160. The lowest BCUT2D eigenvalue weighted by Gasteiger charge is -2.38. The fourth-order valence-electron chi connectivity index (χ4n) is 11.8. The van der Waals surface area contributed by atoms with Crippen molar-refractivity contribution in [2.45, 2.75) is 154 Å². The molecule has 8 rings (SSSR count). The van der Waals surface area contributed by atoms with Gasteiger partial charge in [-0.1, -0.05) is 65.9 Å². The van der Waals surface area contributed by atoms with Gasteiger partial charge in [0.2, 0.25) is 29.4 Å². The van der Waals surface area contributed by atoms with Gasteiger partial charge in [0.25, 0.3) is 35.4 Å². The standard InChI is InChI=1S/C57H77N11O13/c1-6-12-38(46(70)52(75)62-34-19-20-34)63-51(74)45-35-16-10-15-33(35)31-67(45)56(79)47(57(2,3)4)65-50(73)44(32-13-8-7-9-14-32)64-49(72)40-30-60-39(29-61-40)48(71)59-24-26-81-28-27-80-25-23-58-37-18-11-17-36-43(37)55(78)68(53(36)76)41-21-22-42(69)66(5)54(41)77/h11,17-18,29-30,32-35,38,41,44-45,47,58H,6-10,12-16,19-28,31H2,1-5H3,(H,59,71)(H,62,75)(H,63,74)(H,64,72)(H,65,73)/t33-,35?,38-,41?,44-,45-,47+/m0/s1. The van der Waals surface area contributed by atoms with Crippen LogP contribution in [-0.2, 0) is 43.0 Å². The van der Waals surface area contributed by atoms with Crippen molar-refractivity contribution in [3.8, 4) is 0 Å². The van der Waals surface area contributed by atoms with Crippen LogP contribution in [0.1, 0.15) is 159 Å². The number of likely N-dealkylation sites (N-methyl/N-ethyl adjacent to an activating group) is 1. The van der Waals surface area contributed by atoms with Gasteiger partial charge in [-0.05, 0) is 86.7 Å². The smallest absolute Gasteiger partial charge is 0.289 e. The monoisotopic (exact) mass is 1120 g/mol. The second kappa shape index (κ2) is 26.6. The van der Waals surface area contributed by atoms with Crippen molar-refractivity contribution in [2.24, 2.45) is 23.2 Å². The number of nitrogens with zero attached hydrogens (tertiary/aromatic N) is 5. The normalized spacial score (nSPS) is 22.1. The maximum atomic E-state index is 14.9. The van der Waals surface area contributed by atoms with Crippen LogP contribution < -0.4 is 31.9 Å². The van der Waals surface area contributed by atoms with Crippen LogP contribution in [0.2, 0.25) is 0 Å². The number of carbonyl (C=O) groups excluding carboxylic acids is 11. The van der Waals surface area contributed by atoms with Gasteiger partial charge in [-0.2, -0.15) is 0 Å². The first-order valence-electron chi connectivity index (χ1n) is 28.7. The Morgan fingerprint density at radius 2 is 1.46 bits per heavy atom. The van der Waals surface area contributed by atoms with E-state index in [1.807, 2.05) is 27.7 Å². The van der Waals surface area contributed by atoms with Crippen molar-refractivity contribution in [1.29, 1.82) is 0 Å². The maximum Gasteiger partial charge on any atom is 0.289 e. The molecular formula is C57H77N11O13. The van der Waals surface area contributed by atoms with Crippen LogP contribution in [0.3, 0.4) is 0 Å². The Morgan fingerprint density at radius 1 is 0.765 bits per heavy atom. The zero-order valence-electron chi connectivity index (χ0n) is 47.0. The molecule has 2 unspecified atom stereocenters. The number of Topliss-reactive ketones (excluding diaryl/α,β-unsaturated/α-hetero) is 1. The van der Waals surface area contributed by atoms with Crippen LogP contribution in [0.5, 0.6) is 0 Å². The number of piperidine rings is 1. The second-order valence-corrected chi connectivity index (χ2v) is 23.2. The number of likely N-dealkylation sites (tertiary alicyclic amines) is 2. The Hall–Kier alpha value is -7.21. The van der Waals surface area contributed by atoms with E-state index in [1.165, 1.54) is 13.1 Å². The van der Waals surface area contributed by atoms with Gasteiger partial charge in [-0.3, -0.25) is 62.5 Å². The third-order valence-corrected chi connectivity index (χ3v) is 16.3. The van der Waals surface area contributed by atoms with E-state index in [4.69, 9.17) is 9.47 Å². The number of hydrogen-bond acceptors (Lipinski definition) is 16. The van der Waals surface area contributed by atoms with E-state index in [0.717, 1.165) is 67.1 Å². The number of nitrogens with one attached hydrogen (secondary N) is 6. The number of aromatic nitrogens is 2. The van der Waals surface area contributed by atoms with Crippen LogP contribution in [0.4, 0.5) is 5.69 Å². The number of rotatable bonds is 25. The number of benzene rings is 1. The van der Waals surface area contributed by atoms with Gasteiger partial charge in [-0.25, -0.2) is 9.97 Å². The maximum absolute atomic E-state index is 14.9. The highest BCUT2D eigenvalue weighted by Gasteiger charge is 2.53. The van der Waals surface area contributed by atoms with Gasteiger partial charge in [0.05, 0.1) is 56.0 Å². The molecule has 3 saturated carbocycles. The molecule has 7 atom stereocenters. The molecule has 4 heterocycles. The molecule has 24 heteroatoms. The summed E-state index contributed by atoms with van der Waals surface area (Å²) in [6, 6.07) is -0.386. The molecule has 24 nitrogen and oxygen atoms in total. The van der Waals surface area contributed by atoms with E-state index in [1.54, 1.807) is 17.0 Å². The molecule has 1 aromatic heterocycles. The number of carbonyl (C=O) groups is 11. The van der Waals surface area contributed by atoms with E-state index in [0.29, 0.717) is 37.9 Å². The molecule has 438 valence electrons. The molecule has 5 fully saturated rings. The molecule has 6 N–H and O–H groups in total. The molecular weight excluding hydrogens is 1050 g/mol. The molecule has 2 saturated heterocycles. The van der Waals surface area contributed by atoms with E-state index >= 15 is 0 Å². The molecule has 0 bridgehead atoms. The lowest BCUT2D eigenvalue weighted by molar-refractivity contribution is -0.149. The van der Waals surface area contributed by atoms with Crippen LogP contribution in [0.25, 0.3) is 0 Å². The summed E-state index contributed by atoms with van der Waals surface area (Å²) in [6.07, 6.45) is 11.2. The number of fused-ring (bicyclic) bond motifs is 2. The highest BCUT2D eigenvalue weighted by molar-refractivity contribution is 6.38. The molecule has 0 radical (unpaired) electrons. The highest BCUT2D eigenvalue weighted by atomic mass is 16.5. The topological polar surface area (TPSA) is 314 Å². The summed E-state index contributed by atoms with van der Waals surface area (Å²) in [5.74, 6) is -6.71. The van der Waals surface area contributed by atoms with E-state index < -0.39 is 94.6 Å². The molecule has 3 aliphatic heterocycles. The van der Waals surface area contributed by atoms with Gasteiger partial charge < -0.3 is 46.3 Å². The zero-order valence-corrected chi connectivity index (χ0v) is 47.0. The average molecular weight is 1120 g/mol. The summed E-state index contributed by atoms with van der Waals surface area (Å²) in [5, 5.41) is 17.3. The molecule has 6 aliphatic rings. The van der Waals surface area contributed by atoms with Crippen molar-refractivity contribution in [1.82, 2.24) is 51.3 Å². The third kappa shape index (κ3) is 14.1. The summed E-state index contributed by atoms with van der Waals surface area (Å²) in [7, 11) is 1.34. The zero-order chi connectivity index (χ0) is 58.1. The highest BCUT2D eigenvalue weighted by Crippen LogP contribution is 2.43. The van der Waals surface area contributed by atoms with Crippen molar-refractivity contribution in [3.05, 3.63) is 53.1 Å². The number of ether oxygens (including phenoxy) is 2. The number of ketones is 1. The van der Waals surface area contributed by atoms with Crippen LogP contribution in [-0.4, -0.2) is 179 Å². The summed E-state index contributed by atoms with van der Waals surface area (Å²) in [5.41, 5.74) is -0.300. The Morgan fingerprint density at radius 3 is 2.12 bits per heavy atom. The number of hydrogen-bond donors (Lipinski definition) is 6. The average Bonchev–Trinajstić information content (AvgIpc) is 3.97. The lowest BCUT2D eigenvalue weighted by Crippen LogP contribution is -2.62. The first-order chi connectivity index (χ1) is 38.8. The predicted octanol–water partition coefficient (Wildman–Crippen LogP) is 2.06. The molecule has 0 spiro atoms. The summed E-state index contributed by atoms with van der Waals surface area (Å²) < 4.78 is 11.2. The number of imide groups is 2. The third-order valence-electron chi connectivity index (χ3n) is 16.3. The van der Waals surface area contributed by atoms with Crippen molar-refractivity contribution >= 4 is 70.5 Å². The van der Waals surface area contributed by atoms with E-state index in [-0.39, 0.29) is 111 Å². The number of amides is 10. The van der Waals surface area contributed by atoms with Crippen molar-refractivity contribution < 1.29 is 62.2 Å². The van der Waals surface area contributed by atoms with Gasteiger partial charge in [0.1, 0.15) is 35.6 Å². The first kappa shape index (κ1) is 59.9. The minimum Gasteiger partial charge on any atom is -0.382 e. The fraction of sp³-hybridized carbons (Fsp3) is 0.632. The minimum atomic E-state index is -1.11. The van der Waals surface area contributed by atoms with Gasteiger partial charge >= 0.3 is 0 Å². The minimum absolute atomic E-state index is 0.0316. The summed E-state index contributed by atoms with van der Waals surface area (Å²) >= 11 is 0. The SMILES string of the molecule is CCC[C@H](NC(=O)[C@@H]1C2CCC[C@H]2CN1C(=O)[C@@H](NC(=O)[C@@H](NC(=O)c1cnc(C(=O)NCCOCCOCCNc2cccc3c2C(=O)N(C2CCC(=O)N(C)C2=O)C3=O)cn1)C1CCCCC1)C(C)(C)C)C(=O)C(=O)NC1CC1. The molecule has 10 amide bonds. The predicted molar refractivity (Wildman–Crippen MR) is 291 cm³/mol.